The Bertz CT molecular complexity index is 857. The van der Waals surface area contributed by atoms with Crippen molar-refractivity contribution in [2.24, 2.45) is 0 Å². The standard InChI is InChI=1S/C20H18N2O2S/c1-13-7-3-5-9-15(13)21-19(23)17-11-12-18(25-17)20(24)22-16-10-6-4-8-14(16)2/h3-12H,1-2H3,(H,21,23)(H,22,24). The van der Waals surface area contributed by atoms with Crippen LogP contribution in [-0.2, 0) is 0 Å². The zero-order chi connectivity index (χ0) is 17.8. The van der Waals surface area contributed by atoms with Crippen molar-refractivity contribution in [2.75, 3.05) is 10.6 Å². The van der Waals surface area contributed by atoms with Gasteiger partial charge < -0.3 is 10.6 Å². The van der Waals surface area contributed by atoms with Crippen LogP contribution >= 0.6 is 11.3 Å². The predicted octanol–water partition coefficient (Wildman–Crippen LogP) is 4.87. The van der Waals surface area contributed by atoms with Gasteiger partial charge in [-0.15, -0.1) is 11.3 Å². The molecule has 0 aliphatic heterocycles. The molecular formula is C20H18N2O2S. The molecule has 3 aromatic rings. The highest BCUT2D eigenvalue weighted by Gasteiger charge is 2.15. The normalized spacial score (nSPS) is 10.3. The summed E-state index contributed by atoms with van der Waals surface area (Å²) in [7, 11) is 0. The van der Waals surface area contributed by atoms with Gasteiger partial charge >= 0.3 is 0 Å². The van der Waals surface area contributed by atoms with Gasteiger partial charge in [0.1, 0.15) is 0 Å². The Morgan fingerprint density at radius 3 is 1.48 bits per heavy atom. The van der Waals surface area contributed by atoms with Crippen LogP contribution in [0.1, 0.15) is 30.5 Å². The lowest BCUT2D eigenvalue weighted by Crippen LogP contribution is -2.12. The van der Waals surface area contributed by atoms with Gasteiger partial charge in [-0.2, -0.15) is 0 Å². The van der Waals surface area contributed by atoms with Gasteiger partial charge in [-0.3, -0.25) is 9.59 Å². The monoisotopic (exact) mass is 350 g/mol. The van der Waals surface area contributed by atoms with Crippen LogP contribution in [0.3, 0.4) is 0 Å². The van der Waals surface area contributed by atoms with Crippen LogP contribution in [-0.4, -0.2) is 11.8 Å². The minimum absolute atomic E-state index is 0.214. The van der Waals surface area contributed by atoms with E-state index in [4.69, 9.17) is 0 Å². The highest BCUT2D eigenvalue weighted by Crippen LogP contribution is 2.22. The van der Waals surface area contributed by atoms with Crippen LogP contribution in [0.4, 0.5) is 11.4 Å². The molecule has 4 nitrogen and oxygen atoms in total. The highest BCUT2D eigenvalue weighted by atomic mass is 32.1. The maximum atomic E-state index is 12.4. The van der Waals surface area contributed by atoms with Crippen molar-refractivity contribution in [1.82, 2.24) is 0 Å². The zero-order valence-electron chi connectivity index (χ0n) is 14.0. The number of carbonyl (C=O) groups excluding carboxylic acids is 2. The molecule has 0 radical (unpaired) electrons. The molecule has 1 aromatic heterocycles. The number of carbonyl (C=O) groups is 2. The lowest BCUT2D eigenvalue weighted by atomic mass is 10.2. The summed E-state index contributed by atoms with van der Waals surface area (Å²) in [4.78, 5) is 25.8. The smallest absolute Gasteiger partial charge is 0.265 e. The number of amides is 2. The number of hydrogen-bond donors (Lipinski definition) is 2. The molecule has 2 aromatic carbocycles. The Morgan fingerprint density at radius 1 is 0.680 bits per heavy atom. The molecule has 2 N–H and O–H groups in total. The molecule has 0 saturated heterocycles. The molecule has 0 aliphatic rings. The number of rotatable bonds is 4. The number of benzene rings is 2. The molecular weight excluding hydrogens is 332 g/mol. The maximum Gasteiger partial charge on any atom is 0.265 e. The first kappa shape index (κ1) is 16.9. The minimum Gasteiger partial charge on any atom is -0.321 e. The van der Waals surface area contributed by atoms with Crippen LogP contribution in [0.25, 0.3) is 0 Å². The molecule has 126 valence electrons. The van der Waals surface area contributed by atoms with E-state index in [1.165, 1.54) is 11.3 Å². The number of nitrogens with one attached hydrogen (secondary N) is 2. The summed E-state index contributed by atoms with van der Waals surface area (Å²) in [5.41, 5.74) is 3.52. The third-order valence-corrected chi connectivity index (χ3v) is 4.92. The summed E-state index contributed by atoms with van der Waals surface area (Å²) in [5, 5.41) is 5.75. The second-order valence-corrected chi connectivity index (χ2v) is 6.79. The number of aryl methyl sites for hydroxylation is 2. The van der Waals surface area contributed by atoms with Crippen LogP contribution < -0.4 is 10.6 Å². The van der Waals surface area contributed by atoms with Crippen LogP contribution in [0.2, 0.25) is 0 Å². The second kappa shape index (κ2) is 7.32. The summed E-state index contributed by atoms with van der Waals surface area (Å²) in [6, 6.07) is 18.5. The van der Waals surface area contributed by atoms with E-state index in [9.17, 15) is 9.59 Å². The van der Waals surface area contributed by atoms with Gasteiger partial charge in [-0.1, -0.05) is 36.4 Å². The molecule has 0 saturated carbocycles. The lowest BCUT2D eigenvalue weighted by molar-refractivity contribution is 0.102. The number of anilines is 2. The molecule has 0 unspecified atom stereocenters. The number of hydrogen-bond acceptors (Lipinski definition) is 3. The van der Waals surface area contributed by atoms with E-state index in [-0.39, 0.29) is 11.8 Å². The lowest BCUT2D eigenvalue weighted by Gasteiger charge is -2.07. The van der Waals surface area contributed by atoms with Crippen molar-refractivity contribution in [1.29, 1.82) is 0 Å². The molecule has 3 rings (SSSR count). The molecule has 2 amide bonds. The summed E-state index contributed by atoms with van der Waals surface area (Å²) in [6.45, 7) is 3.87. The molecule has 25 heavy (non-hydrogen) atoms. The first-order valence-electron chi connectivity index (χ1n) is 7.88. The SMILES string of the molecule is Cc1ccccc1NC(=O)c1ccc(C(=O)Nc2ccccc2C)s1. The van der Waals surface area contributed by atoms with E-state index in [0.29, 0.717) is 9.75 Å². The van der Waals surface area contributed by atoms with Crippen molar-refractivity contribution in [3.63, 3.8) is 0 Å². The van der Waals surface area contributed by atoms with Crippen molar-refractivity contribution >= 4 is 34.5 Å². The fourth-order valence-corrected chi connectivity index (χ4v) is 3.17. The van der Waals surface area contributed by atoms with Crippen LogP contribution in [0.5, 0.6) is 0 Å². The second-order valence-electron chi connectivity index (χ2n) is 5.70. The fourth-order valence-electron chi connectivity index (χ4n) is 2.38. The van der Waals surface area contributed by atoms with Gasteiger partial charge in [-0.25, -0.2) is 0 Å². The van der Waals surface area contributed by atoms with Crippen molar-refractivity contribution in [3.8, 4) is 0 Å². The first-order chi connectivity index (χ1) is 12.0. The fraction of sp³-hybridized carbons (Fsp3) is 0.100. The largest absolute Gasteiger partial charge is 0.321 e. The molecule has 5 heteroatoms. The molecule has 0 fully saturated rings. The average molecular weight is 350 g/mol. The Labute approximate surface area is 150 Å². The molecule has 0 aliphatic carbocycles. The Kier molecular flexibility index (Phi) is 4.95. The Hall–Kier alpha value is -2.92. The van der Waals surface area contributed by atoms with Crippen molar-refractivity contribution < 1.29 is 9.59 Å². The third-order valence-electron chi connectivity index (χ3n) is 3.84. The quantitative estimate of drug-likeness (QED) is 0.705. The van der Waals surface area contributed by atoms with Gasteiger partial charge in [0, 0.05) is 11.4 Å². The van der Waals surface area contributed by atoms with E-state index >= 15 is 0 Å². The van der Waals surface area contributed by atoms with Gasteiger partial charge in [0.25, 0.3) is 11.8 Å². The highest BCUT2D eigenvalue weighted by molar-refractivity contribution is 7.16. The first-order valence-corrected chi connectivity index (χ1v) is 8.70. The van der Waals surface area contributed by atoms with Crippen LogP contribution in [0.15, 0.2) is 60.7 Å². The summed E-state index contributed by atoms with van der Waals surface area (Å²) < 4.78 is 0. The van der Waals surface area contributed by atoms with E-state index in [0.717, 1.165) is 22.5 Å². The molecule has 1 heterocycles. The van der Waals surface area contributed by atoms with Gasteiger partial charge in [0.15, 0.2) is 0 Å². The summed E-state index contributed by atoms with van der Waals surface area (Å²) in [5.74, 6) is -0.427. The Morgan fingerprint density at radius 2 is 1.08 bits per heavy atom. The summed E-state index contributed by atoms with van der Waals surface area (Å²) in [6.07, 6.45) is 0. The topological polar surface area (TPSA) is 58.2 Å². The average Bonchev–Trinajstić information content (AvgIpc) is 3.09. The predicted molar refractivity (Wildman–Crippen MR) is 103 cm³/mol. The van der Waals surface area contributed by atoms with Gasteiger partial charge in [0.05, 0.1) is 9.75 Å². The molecule has 0 atom stereocenters. The van der Waals surface area contributed by atoms with E-state index < -0.39 is 0 Å². The zero-order valence-corrected chi connectivity index (χ0v) is 14.8. The van der Waals surface area contributed by atoms with E-state index in [1.807, 2.05) is 62.4 Å². The van der Waals surface area contributed by atoms with Gasteiger partial charge in [-0.05, 0) is 49.2 Å². The van der Waals surface area contributed by atoms with Crippen LogP contribution in [0, 0.1) is 13.8 Å². The third kappa shape index (κ3) is 3.95. The van der Waals surface area contributed by atoms with Crippen molar-refractivity contribution in [3.05, 3.63) is 81.5 Å². The number of thiophene rings is 1. The van der Waals surface area contributed by atoms with E-state index in [1.54, 1.807) is 12.1 Å². The Balaban J connectivity index is 1.71. The van der Waals surface area contributed by atoms with Gasteiger partial charge in [0.2, 0.25) is 0 Å². The summed E-state index contributed by atoms with van der Waals surface area (Å²) >= 11 is 1.18. The van der Waals surface area contributed by atoms with E-state index in [2.05, 4.69) is 10.6 Å². The maximum absolute atomic E-state index is 12.4. The molecule has 0 spiro atoms. The molecule has 0 bridgehead atoms. The minimum atomic E-state index is -0.214. The van der Waals surface area contributed by atoms with Crippen molar-refractivity contribution in [2.45, 2.75) is 13.8 Å². The number of para-hydroxylation sites is 2.